The molecule has 2 aromatic rings. The highest BCUT2D eigenvalue weighted by Gasteiger charge is 2.50. The number of benzene rings is 2. The van der Waals surface area contributed by atoms with Crippen LogP contribution in [0.5, 0.6) is 5.75 Å². The van der Waals surface area contributed by atoms with Crippen molar-refractivity contribution in [3.05, 3.63) is 65.2 Å². The molecule has 1 saturated carbocycles. The number of epoxide rings is 1. The third kappa shape index (κ3) is 8.87. The van der Waals surface area contributed by atoms with Crippen LogP contribution in [0, 0.1) is 12.8 Å². The van der Waals surface area contributed by atoms with Gasteiger partial charge >= 0.3 is 0 Å². The van der Waals surface area contributed by atoms with Gasteiger partial charge in [-0.2, -0.15) is 0 Å². The quantitative estimate of drug-likeness (QED) is 0.261. The molecule has 0 unspecified atom stereocenters. The number of aryl methyl sites for hydroxylation is 1. The Hall–Kier alpha value is -3.76. The van der Waals surface area contributed by atoms with Crippen LogP contribution >= 0.6 is 0 Å². The number of aliphatic hydroxyl groups is 1. The number of Topliss-reactive ketones (excluding diaryl/α,β-unsaturated/α-hetero) is 1. The van der Waals surface area contributed by atoms with Gasteiger partial charge in [-0.25, -0.2) is 0 Å². The first-order valence-corrected chi connectivity index (χ1v) is 14.9. The van der Waals surface area contributed by atoms with Crippen LogP contribution in [0.2, 0.25) is 0 Å². The van der Waals surface area contributed by atoms with E-state index in [-0.39, 0.29) is 37.1 Å². The molecule has 1 saturated heterocycles. The van der Waals surface area contributed by atoms with Gasteiger partial charge < -0.3 is 30.5 Å². The summed E-state index contributed by atoms with van der Waals surface area (Å²) in [5, 5.41) is 18.2. The molecule has 0 bridgehead atoms. The Labute approximate surface area is 252 Å². The largest absolute Gasteiger partial charge is 0.497 e. The number of ketones is 1. The monoisotopic (exact) mass is 593 g/mol. The van der Waals surface area contributed by atoms with E-state index in [1.807, 2.05) is 43.3 Å². The van der Waals surface area contributed by atoms with Gasteiger partial charge in [-0.05, 0) is 76.1 Å². The maximum absolute atomic E-state index is 13.8. The Bertz CT molecular complexity index is 1280. The third-order valence-corrected chi connectivity index (χ3v) is 8.34. The molecule has 0 aromatic heterocycles. The zero-order chi connectivity index (χ0) is 31.1. The summed E-state index contributed by atoms with van der Waals surface area (Å²) in [5.41, 5.74) is 1.79. The standard InChI is InChI=1S/C33H43N3O7/c1-20-5-7-22(8-6-20)17-27(29(38)33(3)19-43-33)35-32(41)28(18-23-9-15-26(42-4)16-10-23)36-30(39)21(2)34-31(40)24-11-13-25(37)14-12-24/h5-10,15-16,21,24-25,27-28,37H,11-14,17-19H2,1-4H3,(H,34,40)(H,35,41)(H,36,39)/t21-,24?,25?,27+,28+,33-/m1/s1. The highest BCUT2D eigenvalue weighted by Crippen LogP contribution is 2.29. The lowest BCUT2D eigenvalue weighted by molar-refractivity contribution is -0.134. The summed E-state index contributed by atoms with van der Waals surface area (Å²) in [6, 6.07) is 12.1. The van der Waals surface area contributed by atoms with Crippen LogP contribution in [0.1, 0.15) is 56.2 Å². The molecule has 10 heteroatoms. The average Bonchev–Trinajstić information content (AvgIpc) is 3.75. The number of carbonyl (C=O) groups is 4. The van der Waals surface area contributed by atoms with E-state index in [9.17, 15) is 24.3 Å². The maximum Gasteiger partial charge on any atom is 0.243 e. The molecule has 0 radical (unpaired) electrons. The summed E-state index contributed by atoms with van der Waals surface area (Å²) in [4.78, 5) is 53.3. The number of hydrogen-bond acceptors (Lipinski definition) is 7. The summed E-state index contributed by atoms with van der Waals surface area (Å²) in [5.74, 6) is -1.12. The van der Waals surface area contributed by atoms with E-state index in [0.29, 0.717) is 31.4 Å². The molecule has 0 spiro atoms. The van der Waals surface area contributed by atoms with Crippen LogP contribution in [0.3, 0.4) is 0 Å². The van der Waals surface area contributed by atoms with Crippen LogP contribution in [0.25, 0.3) is 0 Å². The molecule has 3 amide bonds. The molecule has 43 heavy (non-hydrogen) atoms. The highest BCUT2D eigenvalue weighted by atomic mass is 16.6. The van der Waals surface area contributed by atoms with Crippen molar-refractivity contribution >= 4 is 23.5 Å². The number of hydrogen-bond donors (Lipinski definition) is 4. The van der Waals surface area contributed by atoms with E-state index in [2.05, 4.69) is 16.0 Å². The van der Waals surface area contributed by atoms with Crippen molar-refractivity contribution in [1.29, 1.82) is 0 Å². The van der Waals surface area contributed by atoms with Crippen molar-refractivity contribution in [2.24, 2.45) is 5.92 Å². The van der Waals surface area contributed by atoms with E-state index in [0.717, 1.165) is 16.7 Å². The van der Waals surface area contributed by atoms with Gasteiger partial charge in [0.2, 0.25) is 17.7 Å². The lowest BCUT2D eigenvalue weighted by atomic mass is 9.87. The van der Waals surface area contributed by atoms with Crippen LogP contribution in [-0.4, -0.2) is 72.2 Å². The summed E-state index contributed by atoms with van der Waals surface area (Å²) in [6.07, 6.45) is 2.26. The van der Waals surface area contributed by atoms with Crippen molar-refractivity contribution in [3.8, 4) is 5.75 Å². The topological polar surface area (TPSA) is 146 Å². The third-order valence-electron chi connectivity index (χ3n) is 8.34. The molecule has 4 atom stereocenters. The Kier molecular flexibility index (Phi) is 10.6. The van der Waals surface area contributed by atoms with E-state index in [1.165, 1.54) is 0 Å². The predicted octanol–water partition coefficient (Wildman–Crippen LogP) is 2.17. The fraction of sp³-hybridized carbons (Fsp3) is 0.515. The summed E-state index contributed by atoms with van der Waals surface area (Å²) in [6.45, 7) is 5.54. The molecule has 10 nitrogen and oxygen atoms in total. The second-order valence-corrected chi connectivity index (χ2v) is 12.0. The molecule has 2 fully saturated rings. The molecular formula is C33H43N3O7. The number of aliphatic hydroxyl groups excluding tert-OH is 1. The normalized spacial score (nSPS) is 23.3. The number of ether oxygens (including phenoxy) is 2. The molecule has 2 aromatic carbocycles. The Morgan fingerprint density at radius 3 is 1.98 bits per heavy atom. The second-order valence-electron chi connectivity index (χ2n) is 12.0. The average molecular weight is 594 g/mol. The van der Waals surface area contributed by atoms with E-state index < -0.39 is 41.6 Å². The molecule has 1 aliphatic heterocycles. The first-order chi connectivity index (χ1) is 20.5. The van der Waals surface area contributed by atoms with Crippen LogP contribution in [0.4, 0.5) is 0 Å². The van der Waals surface area contributed by atoms with Crippen molar-refractivity contribution < 1.29 is 33.8 Å². The molecule has 4 rings (SSSR count). The highest BCUT2D eigenvalue weighted by molar-refractivity contribution is 5.98. The van der Waals surface area contributed by atoms with Gasteiger partial charge in [0.15, 0.2) is 5.78 Å². The minimum atomic E-state index is -1.02. The molecule has 1 aliphatic carbocycles. The van der Waals surface area contributed by atoms with Gasteiger partial charge in [-0.1, -0.05) is 42.0 Å². The minimum absolute atomic E-state index is 0.155. The maximum atomic E-state index is 13.8. The summed E-state index contributed by atoms with van der Waals surface area (Å²) in [7, 11) is 1.56. The second kappa shape index (κ2) is 14.1. The molecule has 2 aliphatic rings. The van der Waals surface area contributed by atoms with Crippen molar-refractivity contribution in [2.75, 3.05) is 13.7 Å². The number of carbonyl (C=O) groups excluding carboxylic acids is 4. The van der Waals surface area contributed by atoms with Gasteiger partial charge in [0.05, 0.1) is 25.9 Å². The molecule has 232 valence electrons. The minimum Gasteiger partial charge on any atom is -0.497 e. The van der Waals surface area contributed by atoms with E-state index in [4.69, 9.17) is 9.47 Å². The van der Waals surface area contributed by atoms with Crippen LogP contribution in [0.15, 0.2) is 48.5 Å². The Morgan fingerprint density at radius 1 is 0.884 bits per heavy atom. The summed E-state index contributed by atoms with van der Waals surface area (Å²) >= 11 is 0. The molecule has 4 N–H and O–H groups in total. The number of rotatable bonds is 13. The van der Waals surface area contributed by atoms with Gasteiger partial charge in [0, 0.05) is 12.3 Å². The number of nitrogens with one attached hydrogen (secondary N) is 3. The fourth-order valence-corrected chi connectivity index (χ4v) is 5.30. The first kappa shape index (κ1) is 32.2. The number of methoxy groups -OCH3 is 1. The van der Waals surface area contributed by atoms with Crippen molar-refractivity contribution in [1.82, 2.24) is 16.0 Å². The molecule has 1 heterocycles. The zero-order valence-corrected chi connectivity index (χ0v) is 25.4. The van der Waals surface area contributed by atoms with Gasteiger partial charge in [-0.3, -0.25) is 19.2 Å². The first-order valence-electron chi connectivity index (χ1n) is 14.9. The smallest absolute Gasteiger partial charge is 0.243 e. The lowest BCUT2D eigenvalue weighted by Gasteiger charge is -2.27. The SMILES string of the molecule is COc1ccc(C[C@H](NC(=O)[C@@H](C)NC(=O)C2CCC(O)CC2)C(=O)N[C@@H](Cc2ccc(C)cc2)C(=O)[C@@]2(C)CO2)cc1. The van der Waals surface area contributed by atoms with Gasteiger partial charge in [0.1, 0.15) is 23.4 Å². The van der Waals surface area contributed by atoms with Crippen LogP contribution in [-0.2, 0) is 36.8 Å². The van der Waals surface area contributed by atoms with Gasteiger partial charge in [-0.15, -0.1) is 0 Å². The van der Waals surface area contributed by atoms with Gasteiger partial charge in [0.25, 0.3) is 0 Å². The van der Waals surface area contributed by atoms with Crippen molar-refractivity contribution in [2.45, 2.75) is 89.1 Å². The Morgan fingerprint density at radius 2 is 1.42 bits per heavy atom. The fourth-order valence-electron chi connectivity index (χ4n) is 5.30. The van der Waals surface area contributed by atoms with E-state index >= 15 is 0 Å². The zero-order valence-electron chi connectivity index (χ0n) is 25.4. The lowest BCUT2D eigenvalue weighted by Crippen LogP contribution is -2.57. The summed E-state index contributed by atoms with van der Waals surface area (Å²) < 4.78 is 10.6. The van der Waals surface area contributed by atoms with Crippen LogP contribution < -0.4 is 20.7 Å². The Balaban J connectivity index is 1.49. The van der Waals surface area contributed by atoms with E-state index in [1.54, 1.807) is 33.1 Å². The number of amides is 3. The molecular weight excluding hydrogens is 550 g/mol. The predicted molar refractivity (Wildman–Crippen MR) is 160 cm³/mol. The van der Waals surface area contributed by atoms with Crippen molar-refractivity contribution in [3.63, 3.8) is 0 Å².